The van der Waals surface area contributed by atoms with Gasteiger partial charge < -0.3 is 9.88 Å². The summed E-state index contributed by atoms with van der Waals surface area (Å²) in [6, 6.07) is 8.36. The Morgan fingerprint density at radius 2 is 2.17 bits per heavy atom. The van der Waals surface area contributed by atoms with Crippen LogP contribution in [0, 0.1) is 0 Å². The van der Waals surface area contributed by atoms with Crippen LogP contribution < -0.4 is 10.9 Å². The van der Waals surface area contributed by atoms with Crippen LogP contribution in [0.5, 0.6) is 0 Å². The molecular weight excluding hydrogens is 326 g/mol. The fraction of sp³-hybridized carbons (Fsp3) is 0.176. The molecule has 1 aliphatic rings. The SMILES string of the molecule is Cn1c(=O)c2sc3sccc3c2c2cc(C3=NCCN3)ccc21. The van der Waals surface area contributed by atoms with E-state index in [1.165, 1.54) is 9.40 Å². The molecular formula is C17H13N3OS2. The Bertz CT molecular complexity index is 1180. The molecule has 6 heteroatoms. The number of pyridine rings is 1. The number of aliphatic imine (C=N–C) groups is 1. The fourth-order valence-electron chi connectivity index (χ4n) is 3.27. The summed E-state index contributed by atoms with van der Waals surface area (Å²) in [5.41, 5.74) is 2.14. The van der Waals surface area contributed by atoms with Gasteiger partial charge in [-0.1, -0.05) is 0 Å². The van der Waals surface area contributed by atoms with Gasteiger partial charge in [-0.15, -0.1) is 22.7 Å². The first-order valence-corrected chi connectivity index (χ1v) is 9.15. The summed E-state index contributed by atoms with van der Waals surface area (Å²) in [5, 5.41) is 8.82. The third-order valence-electron chi connectivity index (χ3n) is 4.39. The fourth-order valence-corrected chi connectivity index (χ4v) is 5.52. The van der Waals surface area contributed by atoms with E-state index in [2.05, 4.69) is 27.8 Å². The lowest BCUT2D eigenvalue weighted by Crippen LogP contribution is -2.20. The molecule has 114 valence electrons. The van der Waals surface area contributed by atoms with Crippen molar-refractivity contribution in [1.29, 1.82) is 0 Å². The van der Waals surface area contributed by atoms with Gasteiger partial charge in [0, 0.05) is 35.3 Å². The number of hydrogen-bond acceptors (Lipinski definition) is 5. The maximum Gasteiger partial charge on any atom is 0.268 e. The van der Waals surface area contributed by atoms with Crippen molar-refractivity contribution in [2.45, 2.75) is 0 Å². The average molecular weight is 339 g/mol. The Morgan fingerprint density at radius 3 is 3.00 bits per heavy atom. The van der Waals surface area contributed by atoms with E-state index in [4.69, 9.17) is 0 Å². The molecule has 5 rings (SSSR count). The van der Waals surface area contributed by atoms with Crippen LogP contribution in [-0.4, -0.2) is 23.5 Å². The van der Waals surface area contributed by atoms with Gasteiger partial charge in [0.1, 0.15) is 10.5 Å². The number of nitrogens with zero attached hydrogens (tertiary/aromatic N) is 2. The Morgan fingerprint density at radius 1 is 1.26 bits per heavy atom. The van der Waals surface area contributed by atoms with Crippen molar-refractivity contribution >= 4 is 58.9 Å². The van der Waals surface area contributed by atoms with Crippen LogP contribution >= 0.6 is 22.7 Å². The quantitative estimate of drug-likeness (QED) is 0.578. The third-order valence-corrected chi connectivity index (χ3v) is 6.63. The van der Waals surface area contributed by atoms with Crippen molar-refractivity contribution in [3.63, 3.8) is 0 Å². The van der Waals surface area contributed by atoms with E-state index in [9.17, 15) is 4.79 Å². The minimum atomic E-state index is 0.0879. The largest absolute Gasteiger partial charge is 0.368 e. The Labute approximate surface area is 139 Å². The van der Waals surface area contributed by atoms with Gasteiger partial charge in [-0.2, -0.15) is 0 Å². The van der Waals surface area contributed by atoms with Gasteiger partial charge in [0.05, 0.1) is 16.1 Å². The molecule has 0 saturated heterocycles. The molecule has 1 aliphatic heterocycles. The van der Waals surface area contributed by atoms with Crippen molar-refractivity contribution in [3.05, 3.63) is 45.6 Å². The van der Waals surface area contributed by atoms with Crippen molar-refractivity contribution in [2.75, 3.05) is 13.1 Å². The van der Waals surface area contributed by atoms with Gasteiger partial charge in [0.2, 0.25) is 0 Å². The molecule has 0 bridgehead atoms. The highest BCUT2D eigenvalue weighted by Gasteiger charge is 2.17. The van der Waals surface area contributed by atoms with Gasteiger partial charge in [-0.25, -0.2) is 0 Å². The van der Waals surface area contributed by atoms with Crippen molar-refractivity contribution in [3.8, 4) is 0 Å². The molecule has 0 unspecified atom stereocenters. The molecule has 0 saturated carbocycles. The van der Waals surface area contributed by atoms with E-state index >= 15 is 0 Å². The van der Waals surface area contributed by atoms with Crippen LogP contribution in [0.4, 0.5) is 0 Å². The third kappa shape index (κ3) is 1.76. The van der Waals surface area contributed by atoms with Gasteiger partial charge in [0.15, 0.2) is 0 Å². The highest BCUT2D eigenvalue weighted by Crippen LogP contribution is 2.39. The molecule has 1 N–H and O–H groups in total. The molecule has 4 heterocycles. The first kappa shape index (κ1) is 13.3. The van der Waals surface area contributed by atoms with Crippen LogP contribution in [-0.2, 0) is 7.05 Å². The van der Waals surface area contributed by atoms with Crippen molar-refractivity contribution in [1.82, 2.24) is 9.88 Å². The highest BCUT2D eigenvalue weighted by molar-refractivity contribution is 7.41. The molecule has 0 aliphatic carbocycles. The smallest absolute Gasteiger partial charge is 0.268 e. The molecule has 0 amide bonds. The molecule has 4 aromatic rings. The number of rotatable bonds is 1. The molecule has 4 nitrogen and oxygen atoms in total. The van der Waals surface area contributed by atoms with Crippen LogP contribution in [0.25, 0.3) is 30.4 Å². The molecule has 3 aromatic heterocycles. The summed E-state index contributed by atoms with van der Waals surface area (Å²) in [5.74, 6) is 0.950. The van der Waals surface area contributed by atoms with Gasteiger partial charge in [-0.05, 0) is 29.6 Å². The van der Waals surface area contributed by atoms with Gasteiger partial charge in [0.25, 0.3) is 5.56 Å². The van der Waals surface area contributed by atoms with Crippen LogP contribution in [0.2, 0.25) is 0 Å². The summed E-state index contributed by atoms with van der Waals surface area (Å²) in [6.07, 6.45) is 0. The predicted molar refractivity (Wildman–Crippen MR) is 99.4 cm³/mol. The second kappa shape index (κ2) is 4.66. The van der Waals surface area contributed by atoms with Crippen molar-refractivity contribution in [2.24, 2.45) is 12.0 Å². The zero-order valence-corrected chi connectivity index (χ0v) is 14.1. The number of aromatic nitrogens is 1. The van der Waals surface area contributed by atoms with E-state index < -0.39 is 0 Å². The lowest BCUT2D eigenvalue weighted by molar-refractivity contribution is 0.920. The molecule has 0 spiro atoms. The molecule has 23 heavy (non-hydrogen) atoms. The summed E-state index contributed by atoms with van der Waals surface area (Å²) < 4.78 is 3.82. The second-order valence-corrected chi connectivity index (χ2v) is 7.88. The zero-order chi connectivity index (χ0) is 15.6. The highest BCUT2D eigenvalue weighted by atomic mass is 32.2. The number of benzene rings is 1. The van der Waals surface area contributed by atoms with Crippen LogP contribution in [0.15, 0.2) is 39.4 Å². The minimum Gasteiger partial charge on any atom is -0.368 e. The zero-order valence-electron chi connectivity index (χ0n) is 12.4. The van der Waals surface area contributed by atoms with E-state index in [0.29, 0.717) is 0 Å². The Balaban J connectivity index is 1.99. The van der Waals surface area contributed by atoms with E-state index in [1.54, 1.807) is 27.2 Å². The van der Waals surface area contributed by atoms with Crippen LogP contribution in [0.3, 0.4) is 0 Å². The molecule has 0 radical (unpaired) electrons. The number of fused-ring (bicyclic) bond motifs is 5. The first-order chi connectivity index (χ1) is 11.2. The van der Waals surface area contributed by atoms with E-state index in [0.717, 1.165) is 45.5 Å². The normalized spacial score (nSPS) is 14.7. The summed E-state index contributed by atoms with van der Waals surface area (Å²) >= 11 is 3.30. The van der Waals surface area contributed by atoms with Gasteiger partial charge >= 0.3 is 0 Å². The van der Waals surface area contributed by atoms with E-state index in [-0.39, 0.29) is 5.56 Å². The molecule has 0 atom stereocenters. The lowest BCUT2D eigenvalue weighted by Gasteiger charge is -2.09. The monoisotopic (exact) mass is 339 g/mol. The minimum absolute atomic E-state index is 0.0879. The number of aryl methyl sites for hydroxylation is 1. The second-order valence-electron chi connectivity index (χ2n) is 5.68. The number of amidine groups is 1. The topological polar surface area (TPSA) is 46.4 Å². The number of nitrogens with one attached hydrogen (secondary N) is 1. The molecule has 0 fully saturated rings. The number of hydrogen-bond donors (Lipinski definition) is 1. The number of thiophene rings is 2. The van der Waals surface area contributed by atoms with E-state index in [1.807, 2.05) is 19.2 Å². The van der Waals surface area contributed by atoms with Crippen molar-refractivity contribution < 1.29 is 0 Å². The summed E-state index contributed by atoms with van der Waals surface area (Å²) in [7, 11) is 1.85. The van der Waals surface area contributed by atoms with Gasteiger partial charge in [-0.3, -0.25) is 9.79 Å². The Kier molecular flexibility index (Phi) is 2.69. The first-order valence-electron chi connectivity index (χ1n) is 7.45. The molecule has 1 aromatic carbocycles. The maximum absolute atomic E-state index is 12.7. The predicted octanol–water partition coefficient (Wildman–Crippen LogP) is 3.32. The average Bonchev–Trinajstić information content (AvgIpc) is 3.27. The summed E-state index contributed by atoms with van der Waals surface area (Å²) in [6.45, 7) is 1.71. The maximum atomic E-state index is 12.7. The lowest BCUT2D eigenvalue weighted by atomic mass is 10.1. The van der Waals surface area contributed by atoms with Crippen LogP contribution in [0.1, 0.15) is 5.56 Å². The Hall–Kier alpha value is -2.18. The standard InChI is InChI=1S/C17H13N3OS2/c1-20-12-3-2-9(15-18-5-6-19-15)8-11(12)13-10-4-7-22-17(10)23-14(13)16(20)21/h2-4,7-8H,5-6H2,1H3,(H,18,19). The summed E-state index contributed by atoms with van der Waals surface area (Å²) in [4.78, 5) is 17.2.